The van der Waals surface area contributed by atoms with Gasteiger partial charge < -0.3 is 10.1 Å². The molecule has 0 bridgehead atoms. The van der Waals surface area contributed by atoms with Gasteiger partial charge in [-0.2, -0.15) is 0 Å². The van der Waals surface area contributed by atoms with E-state index in [9.17, 15) is 0 Å². The first-order valence-corrected chi connectivity index (χ1v) is 8.26. The van der Waals surface area contributed by atoms with Gasteiger partial charge in [0.25, 0.3) is 0 Å². The van der Waals surface area contributed by atoms with E-state index in [1.807, 2.05) is 18.2 Å². The smallest absolute Gasteiger partial charge is 0.0670 e. The first-order chi connectivity index (χ1) is 9.74. The molecule has 0 aromatic heterocycles. The Bertz CT molecular complexity index is 456. The van der Waals surface area contributed by atoms with Crippen molar-refractivity contribution in [2.45, 2.75) is 57.6 Å². The van der Waals surface area contributed by atoms with Gasteiger partial charge in [-0.05, 0) is 44.4 Å². The molecule has 1 spiro atoms. The van der Waals surface area contributed by atoms with Gasteiger partial charge in [-0.15, -0.1) is 0 Å². The molecule has 0 heterocycles. The van der Waals surface area contributed by atoms with E-state index >= 15 is 0 Å². The largest absolute Gasteiger partial charge is 0.382 e. The summed E-state index contributed by atoms with van der Waals surface area (Å²) in [6.07, 6.45) is 8.25. The lowest BCUT2D eigenvalue weighted by atomic mass is 9.55. The number of nitrogens with one attached hydrogen (secondary N) is 1. The van der Waals surface area contributed by atoms with Crippen molar-refractivity contribution in [1.29, 1.82) is 0 Å². The van der Waals surface area contributed by atoms with Gasteiger partial charge in [0, 0.05) is 28.8 Å². The molecule has 1 aromatic carbocycles. The van der Waals surface area contributed by atoms with Gasteiger partial charge in [0.2, 0.25) is 0 Å². The van der Waals surface area contributed by atoms with Crippen molar-refractivity contribution >= 4 is 17.3 Å². The Morgan fingerprint density at radius 2 is 2.10 bits per heavy atom. The van der Waals surface area contributed by atoms with Crippen molar-refractivity contribution in [2.24, 2.45) is 5.41 Å². The number of rotatable bonds is 4. The van der Waals surface area contributed by atoms with E-state index in [-0.39, 0.29) is 0 Å². The maximum atomic E-state index is 6.08. The summed E-state index contributed by atoms with van der Waals surface area (Å²) in [5.74, 6) is 0. The van der Waals surface area contributed by atoms with Crippen LogP contribution in [0, 0.1) is 5.41 Å². The van der Waals surface area contributed by atoms with E-state index in [1.54, 1.807) is 0 Å². The lowest BCUT2D eigenvalue weighted by molar-refractivity contribution is -0.134. The Hall–Kier alpha value is -0.730. The minimum atomic E-state index is 0.358. The number of benzene rings is 1. The highest BCUT2D eigenvalue weighted by Crippen LogP contribution is 2.54. The molecule has 3 rings (SSSR count). The number of hydrogen-bond donors (Lipinski definition) is 1. The van der Waals surface area contributed by atoms with Crippen LogP contribution >= 0.6 is 11.6 Å². The topological polar surface area (TPSA) is 21.3 Å². The molecule has 20 heavy (non-hydrogen) atoms. The molecule has 2 atom stereocenters. The molecule has 0 saturated heterocycles. The van der Waals surface area contributed by atoms with Crippen LogP contribution in [0.25, 0.3) is 0 Å². The molecule has 0 radical (unpaired) electrons. The highest BCUT2D eigenvalue weighted by atomic mass is 35.5. The number of hydrogen-bond acceptors (Lipinski definition) is 2. The summed E-state index contributed by atoms with van der Waals surface area (Å²) in [6, 6.07) is 8.60. The molecule has 2 aliphatic rings. The van der Waals surface area contributed by atoms with Crippen LogP contribution in [0.3, 0.4) is 0 Å². The Labute approximate surface area is 126 Å². The third-order valence-corrected chi connectivity index (χ3v) is 5.34. The van der Waals surface area contributed by atoms with Crippen LogP contribution in [0.5, 0.6) is 0 Å². The van der Waals surface area contributed by atoms with E-state index in [1.165, 1.54) is 32.1 Å². The molecule has 0 aliphatic heterocycles. The van der Waals surface area contributed by atoms with Crippen LogP contribution < -0.4 is 5.32 Å². The average Bonchev–Trinajstić information content (AvgIpc) is 2.47. The second-order valence-corrected chi connectivity index (χ2v) is 6.62. The highest BCUT2D eigenvalue weighted by molar-refractivity contribution is 6.30. The number of anilines is 1. The predicted molar refractivity (Wildman–Crippen MR) is 84.4 cm³/mol. The lowest BCUT2D eigenvalue weighted by Crippen LogP contribution is -2.62. The van der Waals surface area contributed by atoms with Gasteiger partial charge in [-0.3, -0.25) is 0 Å². The van der Waals surface area contributed by atoms with Gasteiger partial charge in [-0.25, -0.2) is 0 Å². The fourth-order valence-electron chi connectivity index (χ4n) is 4.05. The quantitative estimate of drug-likeness (QED) is 0.854. The Kier molecular flexibility index (Phi) is 4.23. The Morgan fingerprint density at radius 3 is 2.80 bits per heavy atom. The van der Waals surface area contributed by atoms with Crippen molar-refractivity contribution < 1.29 is 4.74 Å². The Morgan fingerprint density at radius 1 is 1.30 bits per heavy atom. The average molecular weight is 294 g/mol. The fraction of sp³-hybridized carbons (Fsp3) is 0.647. The van der Waals surface area contributed by atoms with E-state index in [4.69, 9.17) is 16.3 Å². The summed E-state index contributed by atoms with van der Waals surface area (Å²) >= 11 is 6.08. The van der Waals surface area contributed by atoms with Crippen molar-refractivity contribution in [3.05, 3.63) is 29.3 Å². The van der Waals surface area contributed by atoms with Gasteiger partial charge >= 0.3 is 0 Å². The molecule has 110 valence electrons. The van der Waals surface area contributed by atoms with Crippen LogP contribution in [0.1, 0.15) is 45.4 Å². The van der Waals surface area contributed by atoms with Crippen LogP contribution in [0.15, 0.2) is 24.3 Å². The zero-order chi connectivity index (χ0) is 14.0. The van der Waals surface area contributed by atoms with Gasteiger partial charge in [-0.1, -0.05) is 36.9 Å². The number of halogens is 1. The molecule has 2 saturated carbocycles. The van der Waals surface area contributed by atoms with Gasteiger partial charge in [0.1, 0.15) is 0 Å². The summed E-state index contributed by atoms with van der Waals surface area (Å²) in [6.45, 7) is 2.94. The normalized spacial score (nSPS) is 28.1. The van der Waals surface area contributed by atoms with Crippen LogP contribution in [-0.4, -0.2) is 18.8 Å². The maximum Gasteiger partial charge on any atom is 0.0670 e. The second-order valence-electron chi connectivity index (χ2n) is 6.18. The van der Waals surface area contributed by atoms with Crippen LogP contribution in [-0.2, 0) is 4.74 Å². The predicted octanol–water partition coefficient (Wildman–Crippen LogP) is 4.88. The van der Waals surface area contributed by atoms with E-state index in [2.05, 4.69) is 18.3 Å². The van der Waals surface area contributed by atoms with Gasteiger partial charge in [0.05, 0.1) is 6.10 Å². The summed E-state index contributed by atoms with van der Waals surface area (Å²) in [5.41, 5.74) is 1.50. The van der Waals surface area contributed by atoms with E-state index in [0.29, 0.717) is 17.6 Å². The van der Waals surface area contributed by atoms with E-state index in [0.717, 1.165) is 23.7 Å². The third kappa shape index (κ3) is 2.56. The zero-order valence-corrected chi connectivity index (χ0v) is 13.0. The van der Waals surface area contributed by atoms with Crippen molar-refractivity contribution in [3.8, 4) is 0 Å². The maximum absolute atomic E-state index is 6.08. The van der Waals surface area contributed by atoms with E-state index < -0.39 is 0 Å². The summed E-state index contributed by atoms with van der Waals surface area (Å²) < 4.78 is 6.00. The number of ether oxygens (including phenoxy) is 1. The molecule has 1 N–H and O–H groups in total. The molecular weight excluding hydrogens is 270 g/mol. The molecule has 2 aliphatic carbocycles. The SMILES string of the molecule is CCOC1CC(Nc2cccc(Cl)c2)C12CCCCC2. The van der Waals surface area contributed by atoms with Gasteiger partial charge in [0.15, 0.2) is 0 Å². The highest BCUT2D eigenvalue weighted by Gasteiger charge is 2.55. The van der Waals surface area contributed by atoms with Crippen molar-refractivity contribution in [1.82, 2.24) is 0 Å². The first kappa shape index (κ1) is 14.2. The summed E-state index contributed by atoms with van der Waals surface area (Å²) in [4.78, 5) is 0. The monoisotopic (exact) mass is 293 g/mol. The first-order valence-electron chi connectivity index (χ1n) is 7.88. The molecule has 3 heteroatoms. The van der Waals surface area contributed by atoms with Crippen LogP contribution in [0.2, 0.25) is 5.02 Å². The fourth-order valence-corrected chi connectivity index (χ4v) is 4.24. The third-order valence-electron chi connectivity index (χ3n) is 5.10. The molecule has 1 aromatic rings. The minimum Gasteiger partial charge on any atom is -0.382 e. The zero-order valence-electron chi connectivity index (χ0n) is 12.2. The summed E-state index contributed by atoms with van der Waals surface area (Å²) in [7, 11) is 0. The van der Waals surface area contributed by atoms with Crippen molar-refractivity contribution in [2.75, 3.05) is 11.9 Å². The minimum absolute atomic E-state index is 0.358. The summed E-state index contributed by atoms with van der Waals surface area (Å²) in [5, 5.41) is 4.50. The van der Waals surface area contributed by atoms with Crippen LogP contribution in [0.4, 0.5) is 5.69 Å². The molecule has 0 amide bonds. The molecule has 2 fully saturated rings. The lowest BCUT2D eigenvalue weighted by Gasteiger charge is -2.58. The molecule has 2 nitrogen and oxygen atoms in total. The second kappa shape index (κ2) is 5.95. The standard InChI is InChI=1S/C17H24ClNO/c1-2-20-16-12-15(17(16)9-4-3-5-10-17)19-14-8-6-7-13(18)11-14/h6-8,11,15-16,19H,2-5,9-10,12H2,1H3. The molecule has 2 unspecified atom stereocenters. The van der Waals surface area contributed by atoms with Crippen molar-refractivity contribution in [3.63, 3.8) is 0 Å². The molecular formula is C17H24ClNO. The Balaban J connectivity index is 1.73.